The molecule has 1 saturated heterocycles. The monoisotopic (exact) mass is 350 g/mol. The van der Waals surface area contributed by atoms with Crippen LogP contribution in [0.3, 0.4) is 0 Å². The third-order valence-corrected chi connectivity index (χ3v) is 5.03. The topological polar surface area (TPSA) is 90.8 Å². The van der Waals surface area contributed by atoms with Crippen LogP contribution >= 0.6 is 0 Å². The molecule has 0 aliphatic carbocycles. The maximum absolute atomic E-state index is 10.5. The average Bonchev–Trinajstić information content (AvgIpc) is 3.24. The van der Waals surface area contributed by atoms with Gasteiger partial charge in [0.25, 0.3) is 0 Å². The van der Waals surface area contributed by atoms with Gasteiger partial charge in [-0.2, -0.15) is 5.21 Å². The van der Waals surface area contributed by atoms with Gasteiger partial charge < -0.3 is 5.11 Å². The number of aliphatic hydroxyl groups excluding tert-OH is 1. The van der Waals surface area contributed by atoms with Crippen molar-refractivity contribution < 1.29 is 5.11 Å². The van der Waals surface area contributed by atoms with Gasteiger partial charge in [0.15, 0.2) is 0 Å². The van der Waals surface area contributed by atoms with Gasteiger partial charge in [-0.1, -0.05) is 30.3 Å². The molecule has 1 atom stereocenters. The number of rotatable bonds is 5. The summed E-state index contributed by atoms with van der Waals surface area (Å²) in [4.78, 5) is 6.72. The molecule has 3 aromatic rings. The highest BCUT2D eigenvalue weighted by Gasteiger charge is 2.26. The minimum atomic E-state index is -0.465. The van der Waals surface area contributed by atoms with Crippen molar-refractivity contribution in [1.29, 1.82) is 0 Å². The zero-order valence-corrected chi connectivity index (χ0v) is 14.5. The molecule has 0 unspecified atom stereocenters. The van der Waals surface area contributed by atoms with E-state index in [-0.39, 0.29) is 5.92 Å². The van der Waals surface area contributed by atoms with Crippen molar-refractivity contribution >= 4 is 0 Å². The number of nitrogens with one attached hydrogen (secondary N) is 1. The van der Waals surface area contributed by atoms with Crippen LogP contribution in [0.25, 0.3) is 11.4 Å². The van der Waals surface area contributed by atoms with Crippen molar-refractivity contribution in [2.75, 3.05) is 13.1 Å². The summed E-state index contributed by atoms with van der Waals surface area (Å²) >= 11 is 0. The van der Waals surface area contributed by atoms with Crippen molar-refractivity contribution in [3.63, 3.8) is 0 Å². The van der Waals surface area contributed by atoms with Crippen LogP contribution in [0.1, 0.15) is 30.2 Å². The van der Waals surface area contributed by atoms with Gasteiger partial charge in [-0.3, -0.25) is 9.88 Å². The second-order valence-corrected chi connectivity index (χ2v) is 6.75. The van der Waals surface area contributed by atoms with Crippen LogP contribution in [-0.2, 0) is 6.54 Å². The Morgan fingerprint density at radius 2 is 1.92 bits per heavy atom. The molecule has 3 heterocycles. The Kier molecular flexibility index (Phi) is 4.99. The van der Waals surface area contributed by atoms with Crippen LogP contribution < -0.4 is 0 Å². The van der Waals surface area contributed by atoms with E-state index in [2.05, 4.69) is 42.6 Å². The lowest BCUT2D eigenvalue weighted by molar-refractivity contribution is 0.0540. The summed E-state index contributed by atoms with van der Waals surface area (Å²) in [5.41, 5.74) is 3.00. The maximum atomic E-state index is 10.5. The molecule has 0 spiro atoms. The Morgan fingerprint density at radius 1 is 1.12 bits per heavy atom. The summed E-state index contributed by atoms with van der Waals surface area (Å²) < 4.78 is 0. The Morgan fingerprint density at radius 3 is 2.58 bits per heavy atom. The molecule has 4 rings (SSSR count). The molecule has 1 aromatic carbocycles. The number of tetrazole rings is 1. The van der Waals surface area contributed by atoms with E-state index in [9.17, 15) is 5.11 Å². The average molecular weight is 350 g/mol. The standard InChI is InChI=1S/C19H22N6O/c26-18(17-3-1-2-10-20-17)15-8-11-25(12-9-15)13-14-4-6-16(7-5-14)19-21-23-24-22-19/h1-7,10,15,18,26H,8-9,11-13H2,(H,21,22,23,24)/t18-/m0/s1. The summed E-state index contributed by atoms with van der Waals surface area (Å²) in [6, 6.07) is 14.0. The molecule has 0 saturated carbocycles. The molecule has 0 amide bonds. The van der Waals surface area contributed by atoms with Crippen molar-refractivity contribution in [1.82, 2.24) is 30.5 Å². The summed E-state index contributed by atoms with van der Waals surface area (Å²) in [6.07, 6.45) is 3.25. The molecule has 2 N–H and O–H groups in total. The largest absolute Gasteiger partial charge is 0.387 e. The second-order valence-electron chi connectivity index (χ2n) is 6.75. The predicted octanol–water partition coefficient (Wildman–Crippen LogP) is 2.21. The lowest BCUT2D eigenvalue weighted by Crippen LogP contribution is -2.35. The first-order valence-electron chi connectivity index (χ1n) is 8.94. The predicted molar refractivity (Wildman–Crippen MR) is 96.8 cm³/mol. The third-order valence-electron chi connectivity index (χ3n) is 5.03. The smallest absolute Gasteiger partial charge is 0.204 e. The van der Waals surface area contributed by atoms with E-state index in [0.29, 0.717) is 5.82 Å². The highest BCUT2D eigenvalue weighted by atomic mass is 16.3. The minimum absolute atomic E-state index is 0.279. The van der Waals surface area contributed by atoms with E-state index in [1.165, 1.54) is 5.56 Å². The second kappa shape index (κ2) is 7.72. The highest BCUT2D eigenvalue weighted by molar-refractivity contribution is 5.54. The fraction of sp³-hybridized carbons (Fsp3) is 0.368. The van der Waals surface area contributed by atoms with Crippen molar-refractivity contribution in [2.45, 2.75) is 25.5 Å². The number of pyridine rings is 1. The van der Waals surface area contributed by atoms with E-state index in [1.807, 2.05) is 30.3 Å². The zero-order chi connectivity index (χ0) is 17.8. The Balaban J connectivity index is 1.31. The third kappa shape index (κ3) is 3.79. The molecule has 2 aromatic heterocycles. The van der Waals surface area contributed by atoms with E-state index >= 15 is 0 Å². The summed E-state index contributed by atoms with van der Waals surface area (Å²) in [5, 5.41) is 24.6. The zero-order valence-electron chi connectivity index (χ0n) is 14.5. The first kappa shape index (κ1) is 16.8. The van der Waals surface area contributed by atoms with E-state index in [0.717, 1.165) is 43.7 Å². The molecule has 26 heavy (non-hydrogen) atoms. The SMILES string of the molecule is O[C@H](c1ccccn1)C1CCN(Cc2ccc(-c3nn[nH]n3)cc2)CC1. The lowest BCUT2D eigenvalue weighted by atomic mass is 9.89. The maximum Gasteiger partial charge on any atom is 0.204 e. The molecular weight excluding hydrogens is 328 g/mol. The molecule has 1 fully saturated rings. The number of hydrogen-bond acceptors (Lipinski definition) is 6. The molecule has 7 nitrogen and oxygen atoms in total. The van der Waals surface area contributed by atoms with Crippen LogP contribution in [0.2, 0.25) is 0 Å². The summed E-state index contributed by atoms with van der Waals surface area (Å²) in [7, 11) is 0. The number of nitrogens with zero attached hydrogens (tertiary/aromatic N) is 5. The molecule has 0 radical (unpaired) electrons. The molecule has 0 bridgehead atoms. The minimum Gasteiger partial charge on any atom is -0.387 e. The Hall–Kier alpha value is -2.64. The number of piperidine rings is 1. The quantitative estimate of drug-likeness (QED) is 0.733. The lowest BCUT2D eigenvalue weighted by Gasteiger charge is -2.34. The van der Waals surface area contributed by atoms with Crippen molar-refractivity contribution in [3.05, 3.63) is 59.9 Å². The number of aromatic nitrogens is 5. The van der Waals surface area contributed by atoms with Gasteiger partial charge >= 0.3 is 0 Å². The van der Waals surface area contributed by atoms with Crippen LogP contribution in [0.5, 0.6) is 0 Å². The van der Waals surface area contributed by atoms with Gasteiger partial charge in [-0.15, -0.1) is 10.2 Å². The van der Waals surface area contributed by atoms with Crippen molar-refractivity contribution in [2.24, 2.45) is 5.92 Å². The Bertz CT molecular complexity index is 798. The van der Waals surface area contributed by atoms with Crippen LogP contribution in [0, 0.1) is 5.92 Å². The van der Waals surface area contributed by atoms with Gasteiger partial charge in [-0.05, 0) is 54.8 Å². The fourth-order valence-corrected chi connectivity index (χ4v) is 3.52. The van der Waals surface area contributed by atoms with Crippen LogP contribution in [-0.4, -0.2) is 48.7 Å². The van der Waals surface area contributed by atoms with Gasteiger partial charge in [-0.25, -0.2) is 0 Å². The highest BCUT2D eigenvalue weighted by Crippen LogP contribution is 2.30. The number of benzene rings is 1. The van der Waals surface area contributed by atoms with Crippen LogP contribution in [0.4, 0.5) is 0 Å². The molecule has 134 valence electrons. The van der Waals surface area contributed by atoms with E-state index in [1.54, 1.807) is 6.20 Å². The molecular formula is C19H22N6O. The number of aliphatic hydroxyl groups is 1. The molecule has 1 aliphatic heterocycles. The fourth-order valence-electron chi connectivity index (χ4n) is 3.52. The molecule has 1 aliphatic rings. The normalized spacial score (nSPS) is 17.3. The van der Waals surface area contributed by atoms with E-state index < -0.39 is 6.10 Å². The number of hydrogen-bond donors (Lipinski definition) is 2. The van der Waals surface area contributed by atoms with Gasteiger partial charge in [0, 0.05) is 18.3 Å². The van der Waals surface area contributed by atoms with Gasteiger partial charge in [0.2, 0.25) is 5.82 Å². The number of likely N-dealkylation sites (tertiary alicyclic amines) is 1. The number of aromatic amines is 1. The van der Waals surface area contributed by atoms with Crippen LogP contribution in [0.15, 0.2) is 48.7 Å². The number of H-pyrrole nitrogens is 1. The summed E-state index contributed by atoms with van der Waals surface area (Å²) in [6.45, 7) is 2.89. The first-order chi connectivity index (χ1) is 12.8. The summed E-state index contributed by atoms with van der Waals surface area (Å²) in [5.74, 6) is 0.891. The Labute approximate surface area is 152 Å². The van der Waals surface area contributed by atoms with Gasteiger partial charge in [0.1, 0.15) is 0 Å². The first-order valence-corrected chi connectivity index (χ1v) is 8.94. The van der Waals surface area contributed by atoms with E-state index in [4.69, 9.17) is 0 Å². The van der Waals surface area contributed by atoms with Crippen molar-refractivity contribution in [3.8, 4) is 11.4 Å². The molecule has 7 heteroatoms. The van der Waals surface area contributed by atoms with Gasteiger partial charge in [0.05, 0.1) is 11.8 Å².